The van der Waals surface area contributed by atoms with Crippen LogP contribution in [0.4, 0.5) is 17.6 Å². The van der Waals surface area contributed by atoms with Crippen LogP contribution in [-0.4, -0.2) is 32.0 Å². The highest BCUT2D eigenvalue weighted by molar-refractivity contribution is 5.67. The van der Waals surface area contributed by atoms with E-state index in [0.717, 1.165) is 0 Å². The van der Waals surface area contributed by atoms with Gasteiger partial charge >= 0.3 is 6.18 Å². The standard InChI is InChI=1S/C20H20F4O5/c1-11(18(25)26)8-19(13-7-12(27-2)3-4-14(13)21)6-5-15-16(9-19)28-10-17(29-15)20(22,23)24/h3-7,11,17H,8-10H2,1-2H3,(H,25,26)/p-1/t11-,17?,19?/m1/s1. The minimum absolute atomic E-state index is 0.0568. The van der Waals surface area contributed by atoms with Crippen LogP contribution in [0.25, 0.3) is 0 Å². The number of benzene rings is 1. The summed E-state index contributed by atoms with van der Waals surface area (Å²) >= 11 is 0. The summed E-state index contributed by atoms with van der Waals surface area (Å²) in [6, 6.07) is 4.05. The highest BCUT2D eigenvalue weighted by Crippen LogP contribution is 2.46. The molecule has 158 valence electrons. The number of allylic oxidation sites excluding steroid dienone is 3. The fraction of sp³-hybridized carbons (Fsp3) is 0.450. The van der Waals surface area contributed by atoms with Gasteiger partial charge in [0.25, 0.3) is 0 Å². The quantitative estimate of drug-likeness (QED) is 0.692. The Bertz CT molecular complexity index is 861. The van der Waals surface area contributed by atoms with Gasteiger partial charge < -0.3 is 24.1 Å². The van der Waals surface area contributed by atoms with E-state index < -0.39 is 42.0 Å². The number of carbonyl (C=O) groups is 1. The zero-order valence-electron chi connectivity index (χ0n) is 15.7. The van der Waals surface area contributed by atoms with Crippen molar-refractivity contribution in [1.82, 2.24) is 0 Å². The third-order valence-corrected chi connectivity index (χ3v) is 5.13. The summed E-state index contributed by atoms with van der Waals surface area (Å²) < 4.78 is 69.0. The Hall–Kier alpha value is -2.71. The van der Waals surface area contributed by atoms with Crippen LogP contribution in [0, 0.1) is 11.7 Å². The van der Waals surface area contributed by atoms with Gasteiger partial charge in [-0.15, -0.1) is 0 Å². The molecule has 0 aromatic heterocycles. The minimum Gasteiger partial charge on any atom is -0.550 e. The zero-order chi connectivity index (χ0) is 21.4. The van der Waals surface area contributed by atoms with E-state index >= 15 is 0 Å². The van der Waals surface area contributed by atoms with Crippen LogP contribution in [0.3, 0.4) is 0 Å². The van der Waals surface area contributed by atoms with Gasteiger partial charge in [0.2, 0.25) is 6.10 Å². The Morgan fingerprint density at radius 1 is 1.41 bits per heavy atom. The fourth-order valence-electron chi connectivity index (χ4n) is 3.59. The Labute approximate surface area is 164 Å². The maximum atomic E-state index is 14.7. The van der Waals surface area contributed by atoms with E-state index in [1.54, 1.807) is 0 Å². The molecular formula is C20H19F4O5-. The molecule has 0 N–H and O–H groups in total. The SMILES string of the molecule is COc1ccc(F)c(C2(C[C@@H](C)C(=O)[O-])C=CC3=C(C2)OCC(C(F)(F)F)O3)c1. The van der Waals surface area contributed by atoms with Crippen molar-refractivity contribution in [1.29, 1.82) is 0 Å². The van der Waals surface area contributed by atoms with Gasteiger partial charge in [-0.25, -0.2) is 4.39 Å². The summed E-state index contributed by atoms with van der Waals surface area (Å²) in [7, 11) is 1.40. The van der Waals surface area contributed by atoms with Gasteiger partial charge in [0.1, 0.15) is 23.9 Å². The lowest BCUT2D eigenvalue weighted by Gasteiger charge is -2.40. The van der Waals surface area contributed by atoms with E-state index in [0.29, 0.717) is 5.75 Å². The first-order valence-electron chi connectivity index (χ1n) is 8.89. The van der Waals surface area contributed by atoms with Crippen molar-refractivity contribution in [3.05, 3.63) is 53.3 Å². The Kier molecular flexibility index (Phi) is 5.51. The van der Waals surface area contributed by atoms with Gasteiger partial charge in [-0.3, -0.25) is 0 Å². The minimum atomic E-state index is -4.59. The summed E-state index contributed by atoms with van der Waals surface area (Å²) in [6.07, 6.45) is -4.08. The summed E-state index contributed by atoms with van der Waals surface area (Å²) in [6.45, 7) is 0.688. The molecule has 3 rings (SSSR count). The Balaban J connectivity index is 2.01. The average Bonchev–Trinajstić information content (AvgIpc) is 2.67. The summed E-state index contributed by atoms with van der Waals surface area (Å²) in [5.41, 5.74) is -1.04. The first kappa shape index (κ1) is 21.0. The van der Waals surface area contributed by atoms with Crippen LogP contribution in [0.1, 0.15) is 25.3 Å². The van der Waals surface area contributed by atoms with Crippen LogP contribution in [0.15, 0.2) is 41.9 Å². The topological polar surface area (TPSA) is 67.8 Å². The molecule has 2 unspecified atom stereocenters. The third kappa shape index (κ3) is 4.18. The first-order valence-corrected chi connectivity index (χ1v) is 8.89. The normalized spacial score (nSPS) is 25.0. The molecular weight excluding hydrogens is 396 g/mol. The van der Waals surface area contributed by atoms with Crippen molar-refractivity contribution >= 4 is 5.97 Å². The fourth-order valence-corrected chi connectivity index (χ4v) is 3.59. The third-order valence-electron chi connectivity index (χ3n) is 5.13. The van der Waals surface area contributed by atoms with Crippen molar-refractivity contribution in [2.45, 2.75) is 37.5 Å². The number of hydrogen-bond acceptors (Lipinski definition) is 5. The molecule has 1 aromatic carbocycles. The second-order valence-electron chi connectivity index (χ2n) is 7.18. The predicted octanol–water partition coefficient (Wildman–Crippen LogP) is 3.00. The average molecular weight is 415 g/mol. The molecule has 5 nitrogen and oxygen atoms in total. The van der Waals surface area contributed by atoms with Crippen LogP contribution in [0.2, 0.25) is 0 Å². The van der Waals surface area contributed by atoms with Crippen molar-refractivity contribution < 1.29 is 41.7 Å². The van der Waals surface area contributed by atoms with E-state index in [1.807, 2.05) is 0 Å². The van der Waals surface area contributed by atoms with Gasteiger partial charge in [-0.2, -0.15) is 13.2 Å². The number of carboxylic acids is 1. The van der Waals surface area contributed by atoms with E-state index in [-0.39, 0.29) is 29.9 Å². The number of aliphatic carboxylic acids is 1. The number of rotatable bonds is 5. The van der Waals surface area contributed by atoms with Gasteiger partial charge in [0, 0.05) is 23.4 Å². The lowest BCUT2D eigenvalue weighted by atomic mass is 9.69. The largest absolute Gasteiger partial charge is 0.550 e. The Morgan fingerprint density at radius 2 is 2.14 bits per heavy atom. The molecule has 1 aliphatic heterocycles. The highest BCUT2D eigenvalue weighted by Gasteiger charge is 2.47. The molecule has 1 aromatic rings. The van der Waals surface area contributed by atoms with Crippen LogP contribution < -0.4 is 9.84 Å². The van der Waals surface area contributed by atoms with Gasteiger partial charge in [0.15, 0.2) is 5.76 Å². The molecule has 0 saturated carbocycles. The monoisotopic (exact) mass is 415 g/mol. The molecule has 3 atom stereocenters. The first-order chi connectivity index (χ1) is 13.6. The van der Waals surface area contributed by atoms with E-state index in [1.165, 1.54) is 44.4 Å². The molecule has 1 heterocycles. The van der Waals surface area contributed by atoms with Gasteiger partial charge in [-0.05, 0) is 36.6 Å². The van der Waals surface area contributed by atoms with Crippen molar-refractivity contribution in [2.75, 3.05) is 13.7 Å². The van der Waals surface area contributed by atoms with Gasteiger partial charge in [0.05, 0.1) is 7.11 Å². The smallest absolute Gasteiger partial charge is 0.428 e. The van der Waals surface area contributed by atoms with Crippen molar-refractivity contribution in [2.24, 2.45) is 5.92 Å². The molecule has 0 saturated heterocycles. The molecule has 0 fully saturated rings. The number of carboxylic acid groups (broad SMARTS) is 1. The number of ether oxygens (including phenoxy) is 3. The zero-order valence-corrected chi connectivity index (χ0v) is 15.7. The van der Waals surface area contributed by atoms with Crippen molar-refractivity contribution in [3.63, 3.8) is 0 Å². The van der Waals surface area contributed by atoms with E-state index in [9.17, 15) is 27.5 Å². The summed E-state index contributed by atoms with van der Waals surface area (Å²) in [5, 5.41) is 11.3. The van der Waals surface area contributed by atoms with Crippen LogP contribution >= 0.6 is 0 Å². The molecule has 0 amide bonds. The molecule has 0 bridgehead atoms. The Morgan fingerprint density at radius 3 is 2.76 bits per heavy atom. The number of carbonyl (C=O) groups excluding carboxylic acids is 1. The molecule has 0 spiro atoms. The molecule has 1 aliphatic carbocycles. The van der Waals surface area contributed by atoms with Crippen molar-refractivity contribution in [3.8, 4) is 5.75 Å². The second kappa shape index (κ2) is 7.61. The second-order valence-corrected chi connectivity index (χ2v) is 7.18. The molecule has 9 heteroatoms. The lowest BCUT2D eigenvalue weighted by Crippen LogP contribution is -2.42. The number of hydrogen-bond donors (Lipinski definition) is 0. The predicted molar refractivity (Wildman–Crippen MR) is 91.1 cm³/mol. The maximum Gasteiger partial charge on any atom is 0.428 e. The van der Waals surface area contributed by atoms with Gasteiger partial charge in [-0.1, -0.05) is 13.0 Å². The highest BCUT2D eigenvalue weighted by atomic mass is 19.4. The summed E-state index contributed by atoms with van der Waals surface area (Å²) in [4.78, 5) is 11.3. The number of alkyl halides is 3. The summed E-state index contributed by atoms with van der Waals surface area (Å²) in [5.74, 6) is -2.51. The lowest BCUT2D eigenvalue weighted by molar-refractivity contribution is -0.311. The number of halogens is 4. The van der Waals surface area contributed by atoms with E-state index in [4.69, 9.17) is 14.2 Å². The van der Waals surface area contributed by atoms with Crippen LogP contribution in [0.5, 0.6) is 5.75 Å². The molecule has 29 heavy (non-hydrogen) atoms. The number of methoxy groups -OCH3 is 1. The molecule has 0 radical (unpaired) electrons. The molecule has 2 aliphatic rings. The maximum absolute atomic E-state index is 14.7. The van der Waals surface area contributed by atoms with E-state index in [2.05, 4.69) is 0 Å². The van der Waals surface area contributed by atoms with Crippen LogP contribution in [-0.2, 0) is 19.7 Å².